The van der Waals surface area contributed by atoms with Gasteiger partial charge in [-0.15, -0.1) is 0 Å². The molecule has 24 heavy (non-hydrogen) atoms. The summed E-state index contributed by atoms with van der Waals surface area (Å²) < 4.78 is 11.3. The Bertz CT molecular complexity index is 707. The van der Waals surface area contributed by atoms with E-state index in [2.05, 4.69) is 0 Å². The average molecular weight is 326 g/mol. The minimum absolute atomic E-state index is 0.0724. The van der Waals surface area contributed by atoms with Gasteiger partial charge in [0.15, 0.2) is 0 Å². The molecule has 3 heteroatoms. The summed E-state index contributed by atoms with van der Waals surface area (Å²) in [5, 5.41) is 0. The van der Waals surface area contributed by atoms with Crippen molar-refractivity contribution in [1.82, 2.24) is 0 Å². The van der Waals surface area contributed by atoms with Gasteiger partial charge in [0, 0.05) is 0 Å². The molecular formula is C21H26O3. The molecule has 0 unspecified atom stereocenters. The van der Waals surface area contributed by atoms with E-state index in [1.54, 1.807) is 6.07 Å². The summed E-state index contributed by atoms with van der Waals surface area (Å²) in [7, 11) is 0. The van der Waals surface area contributed by atoms with Crippen LogP contribution in [0.15, 0.2) is 42.5 Å². The van der Waals surface area contributed by atoms with Gasteiger partial charge in [0.05, 0.1) is 11.7 Å². The van der Waals surface area contributed by atoms with Gasteiger partial charge in [-0.1, -0.05) is 29.8 Å². The summed E-state index contributed by atoms with van der Waals surface area (Å²) >= 11 is 0. The molecule has 0 aliphatic rings. The van der Waals surface area contributed by atoms with Crippen LogP contribution >= 0.6 is 0 Å². The van der Waals surface area contributed by atoms with Crippen LogP contribution < -0.4 is 4.74 Å². The van der Waals surface area contributed by atoms with Crippen molar-refractivity contribution in [2.45, 2.75) is 53.2 Å². The molecule has 0 aliphatic carbocycles. The Hall–Kier alpha value is -2.29. The molecule has 2 aromatic carbocycles. The molecule has 0 heterocycles. The maximum atomic E-state index is 12.6. The van der Waals surface area contributed by atoms with Crippen LogP contribution in [0.3, 0.4) is 0 Å². The highest BCUT2D eigenvalue weighted by Crippen LogP contribution is 2.30. The molecule has 0 bridgehead atoms. The number of hydrogen-bond donors (Lipinski definition) is 0. The first-order valence-corrected chi connectivity index (χ1v) is 8.27. The molecule has 0 saturated heterocycles. The molecule has 3 nitrogen and oxygen atoms in total. The van der Waals surface area contributed by atoms with Crippen molar-refractivity contribution in [3.63, 3.8) is 0 Å². The van der Waals surface area contributed by atoms with Gasteiger partial charge in [-0.3, -0.25) is 0 Å². The zero-order valence-electron chi connectivity index (χ0n) is 15.3. The average Bonchev–Trinajstić information content (AvgIpc) is 2.45. The van der Waals surface area contributed by atoms with Crippen LogP contribution in [-0.4, -0.2) is 17.7 Å². The summed E-state index contributed by atoms with van der Waals surface area (Å²) in [6.45, 7) is 11.6. The smallest absolute Gasteiger partial charge is 0.339 e. The van der Waals surface area contributed by atoms with E-state index < -0.39 is 5.60 Å². The Kier molecular flexibility index (Phi) is 5.33. The van der Waals surface area contributed by atoms with Crippen molar-refractivity contribution in [2.24, 2.45) is 0 Å². The van der Waals surface area contributed by atoms with E-state index in [4.69, 9.17) is 9.47 Å². The van der Waals surface area contributed by atoms with Gasteiger partial charge in [0.2, 0.25) is 0 Å². The van der Waals surface area contributed by atoms with E-state index in [1.165, 1.54) is 5.56 Å². The van der Waals surface area contributed by atoms with E-state index in [0.717, 1.165) is 16.9 Å². The Morgan fingerprint density at radius 3 is 2.17 bits per heavy atom. The second kappa shape index (κ2) is 7.08. The lowest BCUT2D eigenvalue weighted by Gasteiger charge is -2.21. The Balaban J connectivity index is 2.49. The molecule has 0 radical (unpaired) electrons. The predicted molar refractivity (Wildman–Crippen MR) is 97.5 cm³/mol. The quantitative estimate of drug-likeness (QED) is 0.705. The number of ether oxygens (including phenoxy) is 2. The maximum Gasteiger partial charge on any atom is 0.339 e. The van der Waals surface area contributed by atoms with Gasteiger partial charge in [0.1, 0.15) is 11.4 Å². The number of aryl methyl sites for hydroxylation is 1. The number of carbonyl (C=O) groups excluding carboxylic acids is 1. The molecule has 0 N–H and O–H groups in total. The molecule has 0 aromatic heterocycles. The maximum absolute atomic E-state index is 12.6. The first-order chi connectivity index (χ1) is 11.2. The molecule has 2 aromatic rings. The van der Waals surface area contributed by atoms with Crippen molar-refractivity contribution in [3.8, 4) is 16.9 Å². The van der Waals surface area contributed by atoms with Crippen LogP contribution in [0, 0.1) is 6.92 Å². The van der Waals surface area contributed by atoms with Gasteiger partial charge < -0.3 is 9.47 Å². The van der Waals surface area contributed by atoms with Gasteiger partial charge in [-0.25, -0.2) is 4.79 Å². The van der Waals surface area contributed by atoms with E-state index in [0.29, 0.717) is 5.56 Å². The highest BCUT2D eigenvalue weighted by atomic mass is 16.6. The van der Waals surface area contributed by atoms with Gasteiger partial charge in [0.25, 0.3) is 0 Å². The minimum atomic E-state index is -0.533. The van der Waals surface area contributed by atoms with Crippen LogP contribution in [-0.2, 0) is 4.74 Å². The Morgan fingerprint density at radius 2 is 1.62 bits per heavy atom. The summed E-state index contributed by atoms with van der Waals surface area (Å²) in [5.41, 5.74) is 2.98. The Labute approximate surface area is 144 Å². The van der Waals surface area contributed by atoms with Crippen LogP contribution in [0.4, 0.5) is 0 Å². The van der Waals surface area contributed by atoms with Crippen LogP contribution in [0.2, 0.25) is 0 Å². The summed E-state index contributed by atoms with van der Waals surface area (Å²) in [6, 6.07) is 13.6. The SMILES string of the molecule is Cc1ccc(-c2cc(OC(C)C)ccc2C(=O)OC(C)(C)C)cc1. The monoisotopic (exact) mass is 326 g/mol. The first-order valence-electron chi connectivity index (χ1n) is 8.27. The molecule has 128 valence electrons. The third-order valence-corrected chi connectivity index (χ3v) is 3.34. The first kappa shape index (κ1) is 18.1. The normalized spacial score (nSPS) is 11.5. The summed E-state index contributed by atoms with van der Waals surface area (Å²) in [5.74, 6) is 0.419. The van der Waals surface area contributed by atoms with Crippen molar-refractivity contribution in [3.05, 3.63) is 53.6 Å². The van der Waals surface area contributed by atoms with Gasteiger partial charge in [-0.05, 0) is 70.9 Å². The van der Waals surface area contributed by atoms with E-state index in [-0.39, 0.29) is 12.1 Å². The molecule has 0 amide bonds. The zero-order valence-corrected chi connectivity index (χ0v) is 15.3. The van der Waals surface area contributed by atoms with Gasteiger partial charge >= 0.3 is 5.97 Å². The number of hydrogen-bond acceptors (Lipinski definition) is 3. The van der Waals surface area contributed by atoms with E-state index >= 15 is 0 Å². The topological polar surface area (TPSA) is 35.5 Å². The minimum Gasteiger partial charge on any atom is -0.491 e. The van der Waals surface area contributed by atoms with Gasteiger partial charge in [-0.2, -0.15) is 0 Å². The van der Waals surface area contributed by atoms with Crippen LogP contribution in [0.25, 0.3) is 11.1 Å². The standard InChI is InChI=1S/C21H26O3/c1-14(2)23-17-11-12-18(20(22)24-21(4,5)6)19(13-17)16-9-7-15(3)8-10-16/h7-14H,1-6H3. The third-order valence-electron chi connectivity index (χ3n) is 3.34. The highest BCUT2D eigenvalue weighted by molar-refractivity contribution is 5.98. The predicted octanol–water partition coefficient (Wildman–Crippen LogP) is 5.40. The molecule has 2 rings (SSSR count). The van der Waals surface area contributed by atoms with E-state index in [1.807, 2.05) is 77.9 Å². The highest BCUT2D eigenvalue weighted by Gasteiger charge is 2.21. The Morgan fingerprint density at radius 1 is 1.00 bits per heavy atom. The largest absolute Gasteiger partial charge is 0.491 e. The fraction of sp³-hybridized carbons (Fsp3) is 0.381. The number of benzene rings is 2. The number of carbonyl (C=O) groups is 1. The summed E-state index contributed by atoms with van der Waals surface area (Å²) in [6.07, 6.45) is 0.0724. The lowest BCUT2D eigenvalue weighted by Crippen LogP contribution is -2.24. The second-order valence-electron chi connectivity index (χ2n) is 7.24. The second-order valence-corrected chi connectivity index (χ2v) is 7.24. The van der Waals surface area contributed by atoms with E-state index in [9.17, 15) is 4.79 Å². The molecule has 0 atom stereocenters. The lowest BCUT2D eigenvalue weighted by molar-refractivity contribution is 0.00704. The van der Waals surface area contributed by atoms with Crippen molar-refractivity contribution >= 4 is 5.97 Å². The molecule has 0 spiro atoms. The fourth-order valence-electron chi connectivity index (χ4n) is 2.35. The fourth-order valence-corrected chi connectivity index (χ4v) is 2.35. The molecule has 0 aliphatic heterocycles. The van der Waals surface area contributed by atoms with Crippen molar-refractivity contribution in [1.29, 1.82) is 0 Å². The van der Waals surface area contributed by atoms with Crippen LogP contribution in [0.1, 0.15) is 50.5 Å². The molecular weight excluding hydrogens is 300 g/mol. The lowest BCUT2D eigenvalue weighted by atomic mass is 9.98. The molecule has 0 saturated carbocycles. The third kappa shape index (κ3) is 4.85. The molecule has 0 fully saturated rings. The summed E-state index contributed by atoms with van der Waals surface area (Å²) in [4.78, 5) is 12.6. The van der Waals surface area contributed by atoms with Crippen LogP contribution in [0.5, 0.6) is 5.75 Å². The number of rotatable bonds is 4. The number of esters is 1. The van der Waals surface area contributed by atoms with Crippen molar-refractivity contribution < 1.29 is 14.3 Å². The zero-order chi connectivity index (χ0) is 17.9. The van der Waals surface area contributed by atoms with Crippen molar-refractivity contribution in [2.75, 3.05) is 0 Å².